The Bertz CT molecular complexity index is 452. The molecule has 0 radical (unpaired) electrons. The summed E-state index contributed by atoms with van der Waals surface area (Å²) in [6.07, 6.45) is 2.18. The minimum Gasteiger partial charge on any atom is -0.479 e. The molecular weight excluding hydrogens is 210 g/mol. The molecule has 6 nitrogen and oxygen atoms in total. The molecule has 0 aromatic carbocycles. The molecule has 1 atom stereocenters. The summed E-state index contributed by atoms with van der Waals surface area (Å²) in [5.41, 5.74) is 1.52. The van der Waals surface area contributed by atoms with Crippen LogP contribution in [0.4, 0.5) is 0 Å². The van der Waals surface area contributed by atoms with Crippen molar-refractivity contribution >= 4 is 11.9 Å². The van der Waals surface area contributed by atoms with Crippen LogP contribution < -0.4 is 0 Å². The van der Waals surface area contributed by atoms with E-state index in [2.05, 4.69) is 5.10 Å². The smallest absolute Gasteiger partial charge is 0.331 e. The second-order valence-corrected chi connectivity index (χ2v) is 3.87. The molecule has 2 heterocycles. The summed E-state index contributed by atoms with van der Waals surface area (Å²) in [6, 6.07) is -0.894. The predicted octanol–water partition coefficient (Wildman–Crippen LogP) is -0.0496. The van der Waals surface area contributed by atoms with E-state index in [1.807, 2.05) is 0 Å². The van der Waals surface area contributed by atoms with E-state index in [-0.39, 0.29) is 5.91 Å². The molecule has 0 bridgehead atoms. The van der Waals surface area contributed by atoms with Crippen molar-refractivity contribution in [1.29, 1.82) is 0 Å². The van der Waals surface area contributed by atoms with E-state index >= 15 is 0 Å². The molecular formula is C10H13N3O3. The van der Waals surface area contributed by atoms with E-state index in [9.17, 15) is 14.7 Å². The maximum absolute atomic E-state index is 11.4. The number of aliphatic carboxylic acids is 1. The fourth-order valence-electron chi connectivity index (χ4n) is 2.14. The van der Waals surface area contributed by atoms with Crippen molar-refractivity contribution in [3.63, 3.8) is 0 Å². The summed E-state index contributed by atoms with van der Waals surface area (Å²) in [5, 5.41) is 13.2. The molecule has 1 aliphatic heterocycles. The Morgan fingerprint density at radius 1 is 1.56 bits per heavy atom. The largest absolute Gasteiger partial charge is 0.479 e. The van der Waals surface area contributed by atoms with Gasteiger partial charge in [-0.05, 0) is 0 Å². The van der Waals surface area contributed by atoms with Crippen molar-refractivity contribution in [2.75, 3.05) is 6.54 Å². The highest BCUT2D eigenvalue weighted by molar-refractivity contribution is 5.84. The summed E-state index contributed by atoms with van der Waals surface area (Å²) in [6.45, 7) is 1.82. The molecule has 16 heavy (non-hydrogen) atoms. The first-order valence-electron chi connectivity index (χ1n) is 5.03. The summed E-state index contributed by atoms with van der Waals surface area (Å²) in [7, 11) is 1.78. The number of aryl methyl sites for hydroxylation is 1. The van der Waals surface area contributed by atoms with Gasteiger partial charge in [-0.3, -0.25) is 9.48 Å². The van der Waals surface area contributed by atoms with Gasteiger partial charge in [0.1, 0.15) is 0 Å². The van der Waals surface area contributed by atoms with Gasteiger partial charge in [0, 0.05) is 38.2 Å². The number of nitrogens with zero attached hydrogens (tertiary/aromatic N) is 3. The SMILES string of the molecule is CC(=O)N1CCc2c(cnn2C)C1C(=O)O. The van der Waals surface area contributed by atoms with Crippen molar-refractivity contribution < 1.29 is 14.7 Å². The fraction of sp³-hybridized carbons (Fsp3) is 0.500. The Labute approximate surface area is 92.5 Å². The van der Waals surface area contributed by atoms with Crippen molar-refractivity contribution in [3.05, 3.63) is 17.5 Å². The van der Waals surface area contributed by atoms with Crippen LogP contribution in [0.15, 0.2) is 6.20 Å². The van der Waals surface area contributed by atoms with Crippen molar-refractivity contribution in [2.24, 2.45) is 7.05 Å². The molecule has 1 N–H and O–H groups in total. The standard InChI is InChI=1S/C10H13N3O3/c1-6(14)13-4-3-8-7(5-11-12(8)2)9(13)10(15)16/h5,9H,3-4H2,1-2H3,(H,15,16). The van der Waals surface area contributed by atoms with Crippen LogP contribution in [0, 0.1) is 0 Å². The zero-order valence-corrected chi connectivity index (χ0v) is 9.17. The van der Waals surface area contributed by atoms with Crippen LogP contribution >= 0.6 is 0 Å². The molecule has 1 aliphatic rings. The van der Waals surface area contributed by atoms with Crippen molar-refractivity contribution in [2.45, 2.75) is 19.4 Å². The number of carbonyl (C=O) groups is 2. The van der Waals surface area contributed by atoms with Crippen molar-refractivity contribution in [3.8, 4) is 0 Å². The second kappa shape index (κ2) is 3.62. The van der Waals surface area contributed by atoms with E-state index in [4.69, 9.17) is 0 Å². The third-order valence-corrected chi connectivity index (χ3v) is 2.93. The van der Waals surface area contributed by atoms with Gasteiger partial charge in [-0.25, -0.2) is 4.79 Å². The Hall–Kier alpha value is -1.85. The number of hydrogen-bond acceptors (Lipinski definition) is 3. The molecule has 0 spiro atoms. The summed E-state index contributed by atoms with van der Waals surface area (Å²) in [4.78, 5) is 23.9. The number of amides is 1. The Kier molecular flexibility index (Phi) is 2.41. The number of carboxylic acid groups (broad SMARTS) is 1. The molecule has 0 fully saturated rings. The normalized spacial score (nSPS) is 19.4. The molecule has 1 aromatic heterocycles. The molecule has 1 unspecified atom stereocenters. The van der Waals surface area contributed by atoms with Gasteiger partial charge in [-0.1, -0.05) is 0 Å². The topological polar surface area (TPSA) is 75.4 Å². The lowest BCUT2D eigenvalue weighted by Gasteiger charge is -2.32. The number of rotatable bonds is 1. The van der Waals surface area contributed by atoms with Gasteiger partial charge in [-0.15, -0.1) is 0 Å². The number of carbonyl (C=O) groups excluding carboxylic acids is 1. The average molecular weight is 223 g/mol. The van der Waals surface area contributed by atoms with Gasteiger partial charge in [0.05, 0.1) is 6.20 Å². The van der Waals surface area contributed by atoms with Gasteiger partial charge < -0.3 is 10.0 Å². The minimum atomic E-state index is -1.01. The molecule has 0 aliphatic carbocycles. The Balaban J connectivity index is 2.47. The lowest BCUT2D eigenvalue weighted by atomic mass is 9.99. The van der Waals surface area contributed by atoms with E-state index in [1.54, 1.807) is 11.7 Å². The molecule has 2 rings (SSSR count). The molecule has 6 heteroatoms. The zero-order valence-electron chi connectivity index (χ0n) is 9.17. The highest BCUT2D eigenvalue weighted by Gasteiger charge is 2.36. The molecule has 0 saturated carbocycles. The highest BCUT2D eigenvalue weighted by Crippen LogP contribution is 2.29. The summed E-state index contributed by atoms with van der Waals surface area (Å²) < 4.78 is 1.67. The zero-order chi connectivity index (χ0) is 11.9. The van der Waals surface area contributed by atoms with Crippen LogP contribution in [0.5, 0.6) is 0 Å². The third kappa shape index (κ3) is 1.46. The lowest BCUT2D eigenvalue weighted by molar-refractivity contribution is -0.150. The van der Waals surface area contributed by atoms with Gasteiger partial charge in [0.2, 0.25) is 5.91 Å². The van der Waals surface area contributed by atoms with E-state index < -0.39 is 12.0 Å². The Morgan fingerprint density at radius 2 is 2.25 bits per heavy atom. The van der Waals surface area contributed by atoms with Crippen molar-refractivity contribution in [1.82, 2.24) is 14.7 Å². The van der Waals surface area contributed by atoms with Gasteiger partial charge in [-0.2, -0.15) is 5.10 Å². The fourth-order valence-corrected chi connectivity index (χ4v) is 2.14. The average Bonchev–Trinajstić information content (AvgIpc) is 2.58. The minimum absolute atomic E-state index is 0.220. The lowest BCUT2D eigenvalue weighted by Crippen LogP contribution is -2.42. The summed E-state index contributed by atoms with van der Waals surface area (Å²) >= 11 is 0. The number of fused-ring (bicyclic) bond motifs is 1. The van der Waals surface area contributed by atoms with E-state index in [1.165, 1.54) is 18.0 Å². The Morgan fingerprint density at radius 3 is 2.81 bits per heavy atom. The van der Waals surface area contributed by atoms with Crippen LogP contribution in [-0.4, -0.2) is 38.2 Å². The molecule has 1 aromatic rings. The molecule has 0 saturated heterocycles. The number of carboxylic acids is 1. The van der Waals surface area contributed by atoms with Gasteiger partial charge in [0.15, 0.2) is 6.04 Å². The first-order valence-corrected chi connectivity index (χ1v) is 5.03. The van der Waals surface area contributed by atoms with E-state index in [0.29, 0.717) is 18.5 Å². The highest BCUT2D eigenvalue weighted by atomic mass is 16.4. The van der Waals surface area contributed by atoms with Crippen LogP contribution in [0.1, 0.15) is 24.2 Å². The quantitative estimate of drug-likeness (QED) is 0.724. The first-order chi connectivity index (χ1) is 7.52. The number of hydrogen-bond donors (Lipinski definition) is 1. The molecule has 86 valence electrons. The predicted molar refractivity (Wildman–Crippen MR) is 54.7 cm³/mol. The first kappa shape index (κ1) is 10.7. The van der Waals surface area contributed by atoms with Crippen LogP contribution in [0.3, 0.4) is 0 Å². The van der Waals surface area contributed by atoms with Crippen LogP contribution in [0.2, 0.25) is 0 Å². The van der Waals surface area contributed by atoms with Crippen LogP contribution in [0.25, 0.3) is 0 Å². The van der Waals surface area contributed by atoms with E-state index in [0.717, 1.165) is 5.69 Å². The second-order valence-electron chi connectivity index (χ2n) is 3.87. The third-order valence-electron chi connectivity index (χ3n) is 2.93. The van der Waals surface area contributed by atoms with Gasteiger partial charge >= 0.3 is 5.97 Å². The number of aromatic nitrogens is 2. The van der Waals surface area contributed by atoms with Crippen LogP contribution in [-0.2, 0) is 23.1 Å². The maximum atomic E-state index is 11.4. The molecule has 1 amide bonds. The maximum Gasteiger partial charge on any atom is 0.331 e. The van der Waals surface area contributed by atoms with Gasteiger partial charge in [0.25, 0.3) is 0 Å². The summed E-state index contributed by atoms with van der Waals surface area (Å²) in [5.74, 6) is -1.23. The monoisotopic (exact) mass is 223 g/mol.